The highest BCUT2D eigenvalue weighted by atomic mass is 19.1. The molecule has 1 amide bonds. The molecule has 43 heavy (non-hydrogen) atoms. The van der Waals surface area contributed by atoms with Crippen LogP contribution in [0.2, 0.25) is 0 Å². The predicted octanol–water partition coefficient (Wildman–Crippen LogP) is 8.00. The molecule has 4 aromatic carbocycles. The van der Waals surface area contributed by atoms with Gasteiger partial charge in [0.1, 0.15) is 0 Å². The molecule has 0 aliphatic carbocycles. The molecule has 0 radical (unpaired) electrons. The normalized spacial score (nSPS) is 11.0. The van der Waals surface area contributed by atoms with Gasteiger partial charge >= 0.3 is 0 Å². The number of aromatic nitrogens is 3. The Morgan fingerprint density at radius 3 is 2.40 bits per heavy atom. The second-order valence-corrected chi connectivity index (χ2v) is 10.3. The lowest BCUT2D eigenvalue weighted by Crippen LogP contribution is -2.23. The Hall–Kier alpha value is -5.30. The number of fused-ring (bicyclic) bond motifs is 1. The second kappa shape index (κ2) is 12.7. The summed E-state index contributed by atoms with van der Waals surface area (Å²) < 4.78 is 22.4. The Morgan fingerprint density at radius 2 is 1.63 bits per heavy atom. The molecule has 1 N–H and O–H groups in total. The first-order chi connectivity index (χ1) is 21.1. The van der Waals surface area contributed by atoms with Crippen LogP contribution in [0.5, 0.6) is 5.75 Å². The molecule has 214 valence electrons. The molecule has 0 fully saturated rings. The maximum absolute atomic E-state index is 15.1. The zero-order valence-electron chi connectivity index (χ0n) is 23.8. The standard InChI is InChI=1S/C36H31FN4O2/c1-2-3-20-43-34-19-18-26(21-31(34)37)35-27(24-41(40-35)28-14-8-5-9-15-28)23-38-36(42)30-22-33(25-12-6-4-7-13-25)39-32-17-11-10-16-29(30)32/h4-19,21-22,24H,2-3,20,23H2,1H3,(H,38,42). The lowest BCUT2D eigenvalue weighted by Gasteiger charge is -2.11. The van der Waals surface area contributed by atoms with Gasteiger partial charge in [0.2, 0.25) is 0 Å². The van der Waals surface area contributed by atoms with Gasteiger partial charge in [0.15, 0.2) is 11.6 Å². The molecule has 0 saturated carbocycles. The van der Waals surface area contributed by atoms with Gasteiger partial charge in [-0.25, -0.2) is 14.1 Å². The lowest BCUT2D eigenvalue weighted by molar-refractivity contribution is 0.0952. The number of hydrogen-bond acceptors (Lipinski definition) is 4. The summed E-state index contributed by atoms with van der Waals surface area (Å²) in [6.07, 6.45) is 3.69. The number of benzene rings is 4. The molecule has 0 bridgehead atoms. The molecular formula is C36H31FN4O2. The zero-order chi connectivity index (χ0) is 29.6. The minimum absolute atomic E-state index is 0.189. The lowest BCUT2D eigenvalue weighted by atomic mass is 10.0. The molecule has 6 aromatic rings. The summed E-state index contributed by atoms with van der Waals surface area (Å²) in [6.45, 7) is 2.71. The van der Waals surface area contributed by atoms with Crippen molar-refractivity contribution in [3.05, 3.63) is 132 Å². The summed E-state index contributed by atoms with van der Waals surface area (Å²) >= 11 is 0. The van der Waals surface area contributed by atoms with Crippen LogP contribution in [0, 0.1) is 5.82 Å². The minimum Gasteiger partial charge on any atom is -0.491 e. The molecule has 0 aliphatic rings. The van der Waals surface area contributed by atoms with E-state index in [0.717, 1.165) is 46.3 Å². The number of carbonyl (C=O) groups excluding carboxylic acids is 1. The van der Waals surface area contributed by atoms with Gasteiger partial charge in [-0.1, -0.05) is 80.1 Å². The van der Waals surface area contributed by atoms with E-state index in [9.17, 15) is 4.79 Å². The fraction of sp³-hybridized carbons (Fsp3) is 0.139. The van der Waals surface area contributed by atoms with Crippen molar-refractivity contribution in [3.8, 4) is 34.0 Å². The minimum atomic E-state index is -0.449. The van der Waals surface area contributed by atoms with Crippen LogP contribution in [0.3, 0.4) is 0 Å². The molecule has 0 spiro atoms. The average Bonchev–Trinajstić information content (AvgIpc) is 3.49. The van der Waals surface area contributed by atoms with E-state index >= 15 is 4.39 Å². The predicted molar refractivity (Wildman–Crippen MR) is 168 cm³/mol. The van der Waals surface area contributed by atoms with E-state index in [1.807, 2.05) is 97.2 Å². The topological polar surface area (TPSA) is 69.0 Å². The highest BCUT2D eigenvalue weighted by Crippen LogP contribution is 2.29. The van der Waals surface area contributed by atoms with Crippen molar-refractivity contribution in [1.82, 2.24) is 20.1 Å². The van der Waals surface area contributed by atoms with Crippen LogP contribution in [0.25, 0.3) is 39.1 Å². The van der Waals surface area contributed by atoms with Crippen LogP contribution in [0.15, 0.2) is 115 Å². The first-order valence-corrected chi connectivity index (χ1v) is 14.4. The molecule has 0 unspecified atom stereocenters. The highest BCUT2D eigenvalue weighted by Gasteiger charge is 2.18. The van der Waals surface area contributed by atoms with Gasteiger partial charge in [0.05, 0.1) is 34.8 Å². The number of unbranched alkanes of at least 4 members (excludes halogenated alkanes) is 1. The highest BCUT2D eigenvalue weighted by molar-refractivity contribution is 6.07. The van der Waals surface area contributed by atoms with E-state index in [1.54, 1.807) is 16.8 Å². The monoisotopic (exact) mass is 570 g/mol. The smallest absolute Gasteiger partial charge is 0.252 e. The van der Waals surface area contributed by atoms with Gasteiger partial charge in [-0.05, 0) is 48.9 Å². The van der Waals surface area contributed by atoms with Gasteiger partial charge in [-0.15, -0.1) is 0 Å². The summed E-state index contributed by atoms with van der Waals surface area (Å²) in [7, 11) is 0. The van der Waals surface area contributed by atoms with E-state index in [2.05, 4.69) is 12.2 Å². The molecule has 6 rings (SSSR count). The molecule has 0 atom stereocenters. The number of carbonyl (C=O) groups is 1. The first kappa shape index (κ1) is 27.8. The summed E-state index contributed by atoms with van der Waals surface area (Å²) in [5.74, 6) is -0.470. The van der Waals surface area contributed by atoms with Gasteiger partial charge in [0.25, 0.3) is 5.91 Å². The third-order valence-corrected chi connectivity index (χ3v) is 7.24. The Kier molecular flexibility index (Phi) is 8.22. The van der Waals surface area contributed by atoms with Crippen LogP contribution in [-0.4, -0.2) is 27.3 Å². The molecular weight excluding hydrogens is 539 g/mol. The van der Waals surface area contributed by atoms with Crippen LogP contribution < -0.4 is 10.1 Å². The van der Waals surface area contributed by atoms with Crippen LogP contribution in [-0.2, 0) is 6.54 Å². The Balaban J connectivity index is 1.33. The van der Waals surface area contributed by atoms with E-state index in [1.165, 1.54) is 6.07 Å². The van der Waals surface area contributed by atoms with Crippen LogP contribution in [0.1, 0.15) is 35.7 Å². The third kappa shape index (κ3) is 6.16. The van der Waals surface area contributed by atoms with Crippen molar-refractivity contribution in [2.75, 3.05) is 6.61 Å². The summed E-state index contributed by atoms with van der Waals surface area (Å²) in [5, 5.41) is 8.65. The molecule has 2 heterocycles. The number of pyridine rings is 1. The van der Waals surface area contributed by atoms with Gasteiger partial charge < -0.3 is 10.1 Å². The van der Waals surface area contributed by atoms with E-state index < -0.39 is 5.82 Å². The number of nitrogens with zero attached hydrogens (tertiary/aromatic N) is 3. The molecule has 6 nitrogen and oxygen atoms in total. The largest absolute Gasteiger partial charge is 0.491 e. The van der Waals surface area contributed by atoms with Crippen molar-refractivity contribution in [2.24, 2.45) is 0 Å². The molecule has 7 heteroatoms. The maximum Gasteiger partial charge on any atom is 0.252 e. The maximum atomic E-state index is 15.1. The summed E-state index contributed by atoms with van der Waals surface area (Å²) in [5.41, 5.74) is 5.69. The Labute approximate surface area is 249 Å². The zero-order valence-corrected chi connectivity index (χ0v) is 23.8. The Morgan fingerprint density at radius 1 is 0.884 bits per heavy atom. The number of nitrogens with one attached hydrogen (secondary N) is 1. The van der Waals surface area contributed by atoms with Crippen molar-refractivity contribution < 1.29 is 13.9 Å². The van der Waals surface area contributed by atoms with Gasteiger partial charge in [0, 0.05) is 34.8 Å². The number of amides is 1. The molecule has 0 aliphatic heterocycles. The average molecular weight is 571 g/mol. The van der Waals surface area contributed by atoms with E-state index in [4.69, 9.17) is 14.8 Å². The number of rotatable bonds is 10. The quantitative estimate of drug-likeness (QED) is 0.170. The molecule has 2 aromatic heterocycles. The SMILES string of the molecule is CCCCOc1ccc(-c2nn(-c3ccccc3)cc2CNC(=O)c2cc(-c3ccccc3)nc3ccccc23)cc1F. The van der Waals surface area contributed by atoms with Gasteiger partial charge in [-0.2, -0.15) is 5.10 Å². The van der Waals surface area contributed by atoms with Crippen molar-refractivity contribution >= 4 is 16.8 Å². The van der Waals surface area contributed by atoms with Crippen molar-refractivity contribution in [2.45, 2.75) is 26.3 Å². The number of para-hydroxylation sites is 2. The van der Waals surface area contributed by atoms with Crippen LogP contribution >= 0.6 is 0 Å². The fourth-order valence-electron chi connectivity index (χ4n) is 4.98. The van der Waals surface area contributed by atoms with Crippen LogP contribution in [0.4, 0.5) is 4.39 Å². The van der Waals surface area contributed by atoms with Crippen molar-refractivity contribution in [3.63, 3.8) is 0 Å². The fourth-order valence-corrected chi connectivity index (χ4v) is 4.98. The third-order valence-electron chi connectivity index (χ3n) is 7.24. The molecule has 0 saturated heterocycles. The van der Waals surface area contributed by atoms with E-state index in [-0.39, 0.29) is 18.2 Å². The second-order valence-electron chi connectivity index (χ2n) is 10.3. The first-order valence-electron chi connectivity index (χ1n) is 14.4. The van der Waals surface area contributed by atoms with Crippen molar-refractivity contribution in [1.29, 1.82) is 0 Å². The van der Waals surface area contributed by atoms with E-state index in [0.29, 0.717) is 23.4 Å². The number of halogens is 1. The number of hydrogen-bond donors (Lipinski definition) is 1. The summed E-state index contributed by atoms with van der Waals surface area (Å²) in [4.78, 5) is 18.5. The number of ether oxygens (including phenoxy) is 1. The summed E-state index contributed by atoms with van der Waals surface area (Å²) in [6, 6.07) is 33.8. The van der Waals surface area contributed by atoms with Gasteiger partial charge in [-0.3, -0.25) is 4.79 Å². The Bertz CT molecular complexity index is 1870.